The van der Waals surface area contributed by atoms with E-state index < -0.39 is 0 Å². The largest absolute Gasteiger partial charge is 0.459 e. The zero-order valence-corrected chi connectivity index (χ0v) is 11.7. The maximum atomic E-state index is 11.8. The fourth-order valence-electron chi connectivity index (χ4n) is 2.51. The molecule has 0 unspecified atom stereocenters. The van der Waals surface area contributed by atoms with Crippen molar-refractivity contribution >= 4 is 11.8 Å². The van der Waals surface area contributed by atoms with Crippen LogP contribution in [0.25, 0.3) is 0 Å². The summed E-state index contributed by atoms with van der Waals surface area (Å²) in [5.74, 6) is 0.00286. The number of furan rings is 1. The second-order valence-electron chi connectivity index (χ2n) is 5.24. The van der Waals surface area contributed by atoms with Gasteiger partial charge in [-0.25, -0.2) is 0 Å². The van der Waals surface area contributed by atoms with Crippen LogP contribution in [0, 0.1) is 0 Å². The van der Waals surface area contributed by atoms with E-state index in [0.29, 0.717) is 19.0 Å². The first kappa shape index (κ1) is 14.6. The van der Waals surface area contributed by atoms with Crippen LogP contribution in [0.5, 0.6) is 0 Å². The van der Waals surface area contributed by atoms with Crippen LogP contribution in [0.4, 0.5) is 0 Å². The minimum Gasteiger partial charge on any atom is -0.459 e. The van der Waals surface area contributed by atoms with Crippen molar-refractivity contribution in [3.8, 4) is 0 Å². The Morgan fingerprint density at radius 1 is 1.20 bits per heavy atom. The predicted octanol–water partition coefficient (Wildman–Crippen LogP) is 2.24. The van der Waals surface area contributed by atoms with Gasteiger partial charge in [-0.2, -0.15) is 0 Å². The summed E-state index contributed by atoms with van der Waals surface area (Å²) >= 11 is 0. The van der Waals surface area contributed by atoms with Gasteiger partial charge in [0.2, 0.25) is 5.91 Å². The molecule has 1 aromatic rings. The Bertz CT molecular complexity index is 420. The molecule has 110 valence electrons. The zero-order valence-electron chi connectivity index (χ0n) is 11.7. The summed E-state index contributed by atoms with van der Waals surface area (Å²) in [5, 5.41) is 5.73. The minimum atomic E-state index is -0.280. The second kappa shape index (κ2) is 7.72. The smallest absolute Gasteiger partial charge is 0.286 e. The molecule has 2 rings (SSSR count). The van der Waals surface area contributed by atoms with E-state index in [9.17, 15) is 9.59 Å². The lowest BCUT2D eigenvalue weighted by Gasteiger charge is -2.16. The van der Waals surface area contributed by atoms with E-state index in [2.05, 4.69) is 10.6 Å². The first-order valence-electron chi connectivity index (χ1n) is 7.37. The van der Waals surface area contributed by atoms with Crippen LogP contribution in [-0.2, 0) is 4.79 Å². The molecule has 0 bridgehead atoms. The van der Waals surface area contributed by atoms with Crippen molar-refractivity contribution in [2.75, 3.05) is 6.54 Å². The van der Waals surface area contributed by atoms with E-state index in [-0.39, 0.29) is 17.6 Å². The van der Waals surface area contributed by atoms with Gasteiger partial charge in [0.1, 0.15) is 0 Å². The SMILES string of the molecule is O=C(CCNC(=O)c1ccco1)NC1CCCCCC1. The normalized spacial score (nSPS) is 16.4. The summed E-state index contributed by atoms with van der Waals surface area (Å²) in [7, 11) is 0. The number of rotatable bonds is 5. The van der Waals surface area contributed by atoms with Crippen molar-refractivity contribution in [3.63, 3.8) is 0 Å². The standard InChI is InChI=1S/C15H22N2O3/c18-14(17-12-6-3-1-2-4-7-12)9-10-16-15(19)13-8-5-11-20-13/h5,8,11-12H,1-4,6-7,9-10H2,(H,16,19)(H,17,18). The highest BCUT2D eigenvalue weighted by atomic mass is 16.3. The number of hydrogen-bond donors (Lipinski definition) is 2. The maximum absolute atomic E-state index is 11.8. The zero-order chi connectivity index (χ0) is 14.2. The molecule has 5 nitrogen and oxygen atoms in total. The monoisotopic (exact) mass is 278 g/mol. The first-order valence-corrected chi connectivity index (χ1v) is 7.37. The third kappa shape index (κ3) is 4.72. The number of amides is 2. The fourth-order valence-corrected chi connectivity index (χ4v) is 2.51. The Hall–Kier alpha value is -1.78. The Balaban J connectivity index is 1.63. The van der Waals surface area contributed by atoms with Crippen molar-refractivity contribution in [1.82, 2.24) is 10.6 Å². The molecule has 2 amide bonds. The van der Waals surface area contributed by atoms with Crippen LogP contribution < -0.4 is 10.6 Å². The molecule has 0 atom stereocenters. The van der Waals surface area contributed by atoms with Crippen molar-refractivity contribution in [2.45, 2.75) is 51.0 Å². The van der Waals surface area contributed by atoms with Gasteiger partial charge in [0.05, 0.1) is 6.26 Å². The molecule has 1 aromatic heterocycles. The summed E-state index contributed by atoms with van der Waals surface area (Å²) in [5.41, 5.74) is 0. The minimum absolute atomic E-state index is 0.0108. The Morgan fingerprint density at radius 2 is 1.95 bits per heavy atom. The number of hydrogen-bond acceptors (Lipinski definition) is 3. The lowest BCUT2D eigenvalue weighted by Crippen LogP contribution is -2.36. The van der Waals surface area contributed by atoms with Crippen LogP contribution in [0.15, 0.2) is 22.8 Å². The van der Waals surface area contributed by atoms with E-state index in [1.807, 2.05) is 0 Å². The van der Waals surface area contributed by atoms with E-state index >= 15 is 0 Å². The maximum Gasteiger partial charge on any atom is 0.286 e. The average Bonchev–Trinajstić information content (AvgIpc) is 2.85. The fraction of sp³-hybridized carbons (Fsp3) is 0.600. The molecular formula is C15H22N2O3. The molecule has 0 spiro atoms. The van der Waals surface area contributed by atoms with Gasteiger partial charge in [-0.1, -0.05) is 25.7 Å². The molecule has 1 heterocycles. The van der Waals surface area contributed by atoms with Gasteiger partial charge in [-0.3, -0.25) is 9.59 Å². The highest BCUT2D eigenvalue weighted by Crippen LogP contribution is 2.17. The third-order valence-electron chi connectivity index (χ3n) is 3.60. The second-order valence-corrected chi connectivity index (χ2v) is 5.24. The lowest BCUT2D eigenvalue weighted by molar-refractivity contribution is -0.121. The average molecular weight is 278 g/mol. The molecule has 0 radical (unpaired) electrons. The van der Waals surface area contributed by atoms with Crippen LogP contribution in [-0.4, -0.2) is 24.4 Å². The van der Waals surface area contributed by atoms with Crippen LogP contribution >= 0.6 is 0 Å². The molecule has 0 aliphatic heterocycles. The highest BCUT2D eigenvalue weighted by molar-refractivity contribution is 5.91. The molecule has 20 heavy (non-hydrogen) atoms. The Labute approximate surface area is 119 Å². The van der Waals surface area contributed by atoms with Gasteiger partial charge in [0.25, 0.3) is 5.91 Å². The quantitative estimate of drug-likeness (QED) is 0.811. The van der Waals surface area contributed by atoms with Gasteiger partial charge in [0, 0.05) is 19.0 Å². The van der Waals surface area contributed by atoms with E-state index in [4.69, 9.17) is 4.42 Å². The van der Waals surface area contributed by atoms with E-state index in [1.165, 1.54) is 31.9 Å². The molecule has 0 saturated heterocycles. The van der Waals surface area contributed by atoms with Gasteiger partial charge < -0.3 is 15.1 Å². The number of carbonyl (C=O) groups excluding carboxylic acids is 2. The summed E-state index contributed by atoms with van der Waals surface area (Å²) in [6, 6.07) is 3.57. The van der Waals surface area contributed by atoms with Crippen LogP contribution in [0.1, 0.15) is 55.5 Å². The van der Waals surface area contributed by atoms with Gasteiger partial charge >= 0.3 is 0 Å². The van der Waals surface area contributed by atoms with Crippen LogP contribution in [0.3, 0.4) is 0 Å². The predicted molar refractivity (Wildman–Crippen MR) is 75.3 cm³/mol. The van der Waals surface area contributed by atoms with Crippen LogP contribution in [0.2, 0.25) is 0 Å². The van der Waals surface area contributed by atoms with Gasteiger partial charge in [-0.15, -0.1) is 0 Å². The summed E-state index contributed by atoms with van der Waals surface area (Å²) in [6.45, 7) is 0.331. The first-order chi connectivity index (χ1) is 9.75. The highest BCUT2D eigenvalue weighted by Gasteiger charge is 2.15. The number of carbonyl (C=O) groups is 2. The summed E-state index contributed by atoms with van der Waals surface area (Å²) < 4.78 is 4.98. The summed E-state index contributed by atoms with van der Waals surface area (Å²) in [6.07, 6.45) is 8.84. The molecular weight excluding hydrogens is 256 g/mol. The Morgan fingerprint density at radius 3 is 2.60 bits per heavy atom. The van der Waals surface area contributed by atoms with Crippen molar-refractivity contribution in [3.05, 3.63) is 24.2 Å². The van der Waals surface area contributed by atoms with E-state index in [0.717, 1.165) is 12.8 Å². The summed E-state index contributed by atoms with van der Waals surface area (Å²) in [4.78, 5) is 23.4. The molecule has 0 aromatic carbocycles. The van der Waals surface area contributed by atoms with Gasteiger partial charge in [0.15, 0.2) is 5.76 Å². The third-order valence-corrected chi connectivity index (χ3v) is 3.60. The van der Waals surface area contributed by atoms with Crippen molar-refractivity contribution < 1.29 is 14.0 Å². The Kier molecular flexibility index (Phi) is 5.65. The molecule has 1 aliphatic rings. The van der Waals surface area contributed by atoms with Gasteiger partial charge in [-0.05, 0) is 25.0 Å². The van der Waals surface area contributed by atoms with Crippen molar-refractivity contribution in [2.24, 2.45) is 0 Å². The molecule has 5 heteroatoms. The molecule has 1 saturated carbocycles. The topological polar surface area (TPSA) is 71.3 Å². The van der Waals surface area contributed by atoms with E-state index in [1.54, 1.807) is 12.1 Å². The molecule has 2 N–H and O–H groups in total. The number of nitrogens with one attached hydrogen (secondary N) is 2. The lowest BCUT2D eigenvalue weighted by atomic mass is 10.1. The molecule has 1 fully saturated rings. The van der Waals surface area contributed by atoms with Crippen molar-refractivity contribution in [1.29, 1.82) is 0 Å². The molecule has 1 aliphatic carbocycles.